The van der Waals surface area contributed by atoms with Crippen molar-refractivity contribution in [3.8, 4) is 0 Å². The number of carboxylic acids is 1. The van der Waals surface area contributed by atoms with Gasteiger partial charge in [0.2, 0.25) is 0 Å². The van der Waals surface area contributed by atoms with Crippen LogP contribution in [0.1, 0.15) is 36.3 Å². The van der Waals surface area contributed by atoms with Crippen molar-refractivity contribution in [3.63, 3.8) is 0 Å². The van der Waals surface area contributed by atoms with Crippen molar-refractivity contribution in [2.24, 2.45) is 5.92 Å². The lowest BCUT2D eigenvalue weighted by molar-refractivity contribution is 0.0696. The number of carboxylic acid groups (broad SMARTS) is 1. The second-order valence-corrected chi connectivity index (χ2v) is 4.69. The van der Waals surface area contributed by atoms with Crippen molar-refractivity contribution in [1.29, 1.82) is 0 Å². The number of rotatable bonds is 6. The van der Waals surface area contributed by atoms with E-state index in [1.807, 2.05) is 13.8 Å². The van der Waals surface area contributed by atoms with E-state index >= 15 is 0 Å². The lowest BCUT2D eigenvalue weighted by Crippen LogP contribution is -2.27. The van der Waals surface area contributed by atoms with E-state index in [0.29, 0.717) is 23.9 Å². The van der Waals surface area contributed by atoms with Gasteiger partial charge >= 0.3 is 5.97 Å². The first-order chi connectivity index (χ1) is 8.43. The minimum absolute atomic E-state index is 0.0749. The molecule has 18 heavy (non-hydrogen) atoms. The highest BCUT2D eigenvalue weighted by molar-refractivity contribution is 5.88. The zero-order valence-electron chi connectivity index (χ0n) is 11.0. The molecule has 0 amide bonds. The van der Waals surface area contributed by atoms with Crippen LogP contribution in [0.5, 0.6) is 0 Å². The van der Waals surface area contributed by atoms with E-state index in [2.05, 4.69) is 10.3 Å². The van der Waals surface area contributed by atoms with Gasteiger partial charge in [0.15, 0.2) is 0 Å². The maximum Gasteiger partial charge on any atom is 0.335 e. The second-order valence-electron chi connectivity index (χ2n) is 4.69. The molecule has 1 heterocycles. The van der Waals surface area contributed by atoms with Gasteiger partial charge in [-0.25, -0.2) is 9.78 Å². The Morgan fingerprint density at radius 2 is 2.11 bits per heavy atom. The molecule has 0 aliphatic carbocycles. The highest BCUT2D eigenvalue weighted by Crippen LogP contribution is 2.16. The molecule has 0 aliphatic rings. The molecule has 100 valence electrons. The third-order valence-electron chi connectivity index (χ3n) is 2.78. The predicted molar refractivity (Wildman–Crippen MR) is 69.9 cm³/mol. The quantitative estimate of drug-likeness (QED) is 0.720. The van der Waals surface area contributed by atoms with Crippen molar-refractivity contribution in [2.45, 2.75) is 33.2 Å². The maximum absolute atomic E-state index is 11.0. The van der Waals surface area contributed by atoms with Crippen molar-refractivity contribution in [3.05, 3.63) is 23.4 Å². The summed E-state index contributed by atoms with van der Waals surface area (Å²) in [6.45, 7) is 5.93. The third kappa shape index (κ3) is 4.00. The second kappa shape index (κ2) is 6.35. The molecule has 3 N–H and O–H groups in total. The van der Waals surface area contributed by atoms with Gasteiger partial charge < -0.3 is 15.5 Å². The molecule has 0 radical (unpaired) electrons. The number of nitrogens with one attached hydrogen (secondary N) is 1. The molecule has 1 aromatic rings. The number of aliphatic hydroxyl groups is 1. The van der Waals surface area contributed by atoms with Crippen LogP contribution >= 0.6 is 0 Å². The van der Waals surface area contributed by atoms with E-state index in [1.165, 1.54) is 12.1 Å². The summed E-state index contributed by atoms with van der Waals surface area (Å²) in [5.74, 6) is -0.0981. The molecule has 1 atom stereocenters. The molecule has 0 fully saturated rings. The first kappa shape index (κ1) is 14.4. The number of aromatic carboxylic acids is 1. The molecule has 0 aromatic carbocycles. The standard InChI is InChI=1S/C13H20N2O3/c1-8(2)11(4-5-16)15-12-7-10(13(17)18)6-9(3)14-12/h6-8,11,16H,4-5H2,1-3H3,(H,14,15)(H,17,18). The number of hydrogen-bond acceptors (Lipinski definition) is 4. The van der Waals surface area contributed by atoms with Gasteiger partial charge in [-0.15, -0.1) is 0 Å². The molecule has 5 heteroatoms. The highest BCUT2D eigenvalue weighted by Gasteiger charge is 2.14. The lowest BCUT2D eigenvalue weighted by Gasteiger charge is -2.22. The van der Waals surface area contributed by atoms with Gasteiger partial charge in [-0.1, -0.05) is 13.8 Å². The SMILES string of the molecule is Cc1cc(C(=O)O)cc(NC(CCO)C(C)C)n1. The topological polar surface area (TPSA) is 82.5 Å². The van der Waals surface area contributed by atoms with E-state index < -0.39 is 5.97 Å². The first-order valence-electron chi connectivity index (χ1n) is 6.03. The molecule has 0 saturated carbocycles. The molecule has 1 rings (SSSR count). The molecular formula is C13H20N2O3. The summed E-state index contributed by atoms with van der Waals surface area (Å²) in [7, 11) is 0. The zero-order chi connectivity index (χ0) is 13.7. The molecule has 0 spiro atoms. The molecule has 1 unspecified atom stereocenters. The average molecular weight is 252 g/mol. The Hall–Kier alpha value is -1.62. The van der Waals surface area contributed by atoms with Crippen LogP contribution in [-0.2, 0) is 0 Å². The van der Waals surface area contributed by atoms with E-state index in [0.717, 1.165) is 0 Å². The van der Waals surface area contributed by atoms with Gasteiger partial charge in [-0.3, -0.25) is 0 Å². The van der Waals surface area contributed by atoms with Crippen molar-refractivity contribution in [1.82, 2.24) is 4.98 Å². The molecule has 1 aromatic heterocycles. The van der Waals surface area contributed by atoms with Crippen molar-refractivity contribution >= 4 is 11.8 Å². The lowest BCUT2D eigenvalue weighted by atomic mass is 10.0. The number of anilines is 1. The number of hydrogen-bond donors (Lipinski definition) is 3. The summed E-state index contributed by atoms with van der Waals surface area (Å²) in [4.78, 5) is 15.2. The molecule has 0 bridgehead atoms. The van der Waals surface area contributed by atoms with Crippen LogP contribution < -0.4 is 5.32 Å². The van der Waals surface area contributed by atoms with Gasteiger partial charge in [0, 0.05) is 18.3 Å². The van der Waals surface area contributed by atoms with Crippen LogP contribution in [0.3, 0.4) is 0 Å². The monoisotopic (exact) mass is 252 g/mol. The third-order valence-corrected chi connectivity index (χ3v) is 2.78. The number of carbonyl (C=O) groups is 1. The van der Waals surface area contributed by atoms with Crippen molar-refractivity contribution < 1.29 is 15.0 Å². The van der Waals surface area contributed by atoms with Gasteiger partial charge in [-0.2, -0.15) is 0 Å². The fourth-order valence-corrected chi connectivity index (χ4v) is 1.77. The minimum Gasteiger partial charge on any atom is -0.478 e. The Morgan fingerprint density at radius 3 is 2.61 bits per heavy atom. The Kier molecular flexibility index (Phi) is 5.09. The molecule has 0 aliphatic heterocycles. The van der Waals surface area contributed by atoms with E-state index in [4.69, 9.17) is 10.2 Å². The maximum atomic E-state index is 11.0. The number of aromatic nitrogens is 1. The first-order valence-corrected chi connectivity index (χ1v) is 6.03. The molecule has 0 saturated heterocycles. The summed E-state index contributed by atoms with van der Waals surface area (Å²) in [5.41, 5.74) is 0.875. The summed E-state index contributed by atoms with van der Waals surface area (Å²) < 4.78 is 0. The highest BCUT2D eigenvalue weighted by atomic mass is 16.4. The summed E-state index contributed by atoms with van der Waals surface area (Å²) in [5, 5.41) is 21.2. The van der Waals surface area contributed by atoms with Crippen LogP contribution in [0.25, 0.3) is 0 Å². The van der Waals surface area contributed by atoms with Gasteiger partial charge in [0.1, 0.15) is 5.82 Å². The fraction of sp³-hybridized carbons (Fsp3) is 0.538. The van der Waals surface area contributed by atoms with E-state index in [-0.39, 0.29) is 18.2 Å². The van der Waals surface area contributed by atoms with Crippen LogP contribution in [0, 0.1) is 12.8 Å². The number of aliphatic hydroxyl groups excluding tert-OH is 1. The summed E-state index contributed by atoms with van der Waals surface area (Å²) in [6, 6.07) is 3.12. The van der Waals surface area contributed by atoms with Crippen LogP contribution in [0.4, 0.5) is 5.82 Å². The summed E-state index contributed by atoms with van der Waals surface area (Å²) >= 11 is 0. The van der Waals surface area contributed by atoms with Gasteiger partial charge in [0.25, 0.3) is 0 Å². The Morgan fingerprint density at radius 1 is 1.44 bits per heavy atom. The minimum atomic E-state index is -0.966. The summed E-state index contributed by atoms with van der Waals surface area (Å²) in [6.07, 6.45) is 0.607. The van der Waals surface area contributed by atoms with Crippen LogP contribution in [-0.4, -0.2) is 33.8 Å². The Balaban J connectivity index is 2.91. The van der Waals surface area contributed by atoms with Crippen LogP contribution in [0.2, 0.25) is 0 Å². The van der Waals surface area contributed by atoms with E-state index in [9.17, 15) is 4.79 Å². The number of nitrogens with zero attached hydrogens (tertiary/aromatic N) is 1. The normalized spacial score (nSPS) is 12.5. The molecule has 5 nitrogen and oxygen atoms in total. The van der Waals surface area contributed by atoms with Gasteiger partial charge in [0.05, 0.1) is 5.56 Å². The van der Waals surface area contributed by atoms with Gasteiger partial charge in [-0.05, 0) is 31.4 Å². The Bertz CT molecular complexity index is 419. The average Bonchev–Trinajstić information content (AvgIpc) is 2.27. The fourth-order valence-electron chi connectivity index (χ4n) is 1.77. The van der Waals surface area contributed by atoms with E-state index in [1.54, 1.807) is 6.92 Å². The zero-order valence-corrected chi connectivity index (χ0v) is 11.0. The Labute approximate surface area is 107 Å². The predicted octanol–water partition coefficient (Wildman–Crippen LogP) is 1.91. The van der Waals surface area contributed by atoms with Crippen LogP contribution in [0.15, 0.2) is 12.1 Å². The molecular weight excluding hydrogens is 232 g/mol. The smallest absolute Gasteiger partial charge is 0.335 e. The number of pyridine rings is 1. The van der Waals surface area contributed by atoms with Crippen molar-refractivity contribution in [2.75, 3.05) is 11.9 Å². The largest absolute Gasteiger partial charge is 0.478 e. The number of aryl methyl sites for hydroxylation is 1.